The van der Waals surface area contributed by atoms with Crippen LogP contribution in [0, 0.1) is 0 Å². The summed E-state index contributed by atoms with van der Waals surface area (Å²) in [5, 5.41) is 23.2. The molecule has 1 aliphatic rings. The molecule has 9 heteroatoms. The molecule has 200 valence electrons. The maximum Gasteiger partial charge on any atom is 0.326 e. The van der Waals surface area contributed by atoms with E-state index in [0.29, 0.717) is 22.7 Å². The predicted molar refractivity (Wildman–Crippen MR) is 149 cm³/mol. The first-order valence-electron chi connectivity index (χ1n) is 13.4. The number of imidazole rings is 1. The molecule has 0 spiro atoms. The highest BCUT2D eigenvalue weighted by Gasteiger charge is 2.26. The van der Waals surface area contributed by atoms with Gasteiger partial charge in [0.15, 0.2) is 5.82 Å². The topological polar surface area (TPSA) is 125 Å². The van der Waals surface area contributed by atoms with Crippen LogP contribution in [0.15, 0.2) is 60.9 Å². The van der Waals surface area contributed by atoms with Crippen molar-refractivity contribution >= 4 is 33.8 Å². The Bertz CT molecular complexity index is 1690. The molecule has 6 rings (SSSR count). The minimum atomic E-state index is -1.15. The second kappa shape index (κ2) is 9.98. The first-order valence-corrected chi connectivity index (χ1v) is 13.4. The third kappa shape index (κ3) is 4.65. The number of phenolic OH excluding ortho intramolecular Hbond substituents is 1. The van der Waals surface area contributed by atoms with Crippen LogP contribution < -0.4 is 5.32 Å². The van der Waals surface area contributed by atoms with E-state index in [1.165, 1.54) is 19.3 Å². The molecule has 1 fully saturated rings. The number of rotatable bonds is 7. The molecule has 0 radical (unpaired) electrons. The lowest BCUT2D eigenvalue weighted by atomic mass is 9.95. The number of fused-ring (bicyclic) bond motifs is 2. The molecule has 39 heavy (non-hydrogen) atoms. The van der Waals surface area contributed by atoms with Crippen LogP contribution in [0.3, 0.4) is 0 Å². The summed E-state index contributed by atoms with van der Waals surface area (Å²) >= 11 is 0. The number of benzene rings is 2. The molecule has 1 amide bonds. The number of H-pyrrole nitrogens is 1. The van der Waals surface area contributed by atoms with Gasteiger partial charge in [0, 0.05) is 48.4 Å². The normalized spacial score (nSPS) is 15.1. The minimum absolute atomic E-state index is 0.0702. The summed E-state index contributed by atoms with van der Waals surface area (Å²) in [6.07, 6.45) is 9.58. The average Bonchev–Trinajstić information content (AvgIpc) is 3.64. The van der Waals surface area contributed by atoms with Crippen LogP contribution >= 0.6 is 0 Å². The molecule has 0 saturated heterocycles. The van der Waals surface area contributed by atoms with E-state index in [-0.39, 0.29) is 12.2 Å². The van der Waals surface area contributed by atoms with Crippen LogP contribution in [0.25, 0.3) is 33.5 Å². The van der Waals surface area contributed by atoms with E-state index in [2.05, 4.69) is 25.5 Å². The average molecular weight is 526 g/mol. The summed E-state index contributed by atoms with van der Waals surface area (Å²) in [6, 6.07) is 13.6. The lowest BCUT2D eigenvalue weighted by Gasteiger charge is -2.25. The van der Waals surface area contributed by atoms with Crippen LogP contribution in [0.2, 0.25) is 0 Å². The van der Waals surface area contributed by atoms with Crippen LogP contribution in [-0.4, -0.2) is 47.2 Å². The molecule has 4 N–H and O–H groups in total. The van der Waals surface area contributed by atoms with E-state index in [1.54, 1.807) is 36.5 Å². The number of carboxylic acids is 1. The number of hydrogen-bond donors (Lipinski definition) is 4. The van der Waals surface area contributed by atoms with Crippen LogP contribution in [0.4, 0.5) is 0 Å². The summed E-state index contributed by atoms with van der Waals surface area (Å²) in [4.78, 5) is 33.4. The third-order valence-corrected chi connectivity index (χ3v) is 7.84. The SMILES string of the molecule is Cn1cccc1-c1nc2cc(C(=O)N[C@@H](Cc3c[nH]c4ccc(O)cc34)C(=O)O)ccc2n1C1CCCCC1. The van der Waals surface area contributed by atoms with E-state index >= 15 is 0 Å². The fourth-order valence-electron chi connectivity index (χ4n) is 5.82. The molecule has 0 bridgehead atoms. The van der Waals surface area contributed by atoms with Gasteiger partial charge in [-0.05, 0) is 66.9 Å². The zero-order valence-electron chi connectivity index (χ0n) is 21.7. The fourth-order valence-corrected chi connectivity index (χ4v) is 5.82. The predicted octanol–water partition coefficient (Wildman–Crippen LogP) is 5.16. The Morgan fingerprint density at radius 1 is 1.13 bits per heavy atom. The van der Waals surface area contributed by atoms with Gasteiger partial charge in [-0.3, -0.25) is 4.79 Å². The van der Waals surface area contributed by atoms with Crippen molar-refractivity contribution in [3.8, 4) is 17.3 Å². The quantitative estimate of drug-likeness (QED) is 0.234. The highest BCUT2D eigenvalue weighted by Crippen LogP contribution is 2.36. The van der Waals surface area contributed by atoms with Gasteiger partial charge in [0.25, 0.3) is 5.91 Å². The molecule has 9 nitrogen and oxygen atoms in total. The third-order valence-electron chi connectivity index (χ3n) is 7.84. The number of aromatic amines is 1. The Balaban J connectivity index is 1.31. The lowest BCUT2D eigenvalue weighted by molar-refractivity contribution is -0.139. The van der Waals surface area contributed by atoms with Gasteiger partial charge in [0.2, 0.25) is 0 Å². The van der Waals surface area contributed by atoms with Gasteiger partial charge in [0.1, 0.15) is 11.8 Å². The number of aliphatic carboxylic acids is 1. The molecule has 0 aliphatic heterocycles. The monoisotopic (exact) mass is 525 g/mol. The summed E-state index contributed by atoms with van der Waals surface area (Å²) in [5.74, 6) is -0.631. The largest absolute Gasteiger partial charge is 0.508 e. The maximum atomic E-state index is 13.3. The number of hydrogen-bond acceptors (Lipinski definition) is 4. The van der Waals surface area contributed by atoms with Crippen molar-refractivity contribution in [2.75, 3.05) is 0 Å². The highest BCUT2D eigenvalue weighted by atomic mass is 16.4. The molecule has 3 heterocycles. The molecule has 1 aliphatic carbocycles. The molecule has 1 atom stereocenters. The smallest absolute Gasteiger partial charge is 0.326 e. The number of aromatic nitrogens is 4. The van der Waals surface area contributed by atoms with Crippen LogP contribution in [-0.2, 0) is 18.3 Å². The van der Waals surface area contributed by atoms with Crippen molar-refractivity contribution in [1.82, 2.24) is 24.4 Å². The first-order chi connectivity index (χ1) is 18.9. The maximum absolute atomic E-state index is 13.3. The Morgan fingerprint density at radius 2 is 1.95 bits per heavy atom. The Hall–Kier alpha value is -4.53. The number of carbonyl (C=O) groups excluding carboxylic acids is 1. The van der Waals surface area contributed by atoms with Crippen molar-refractivity contribution in [2.24, 2.45) is 7.05 Å². The van der Waals surface area contributed by atoms with Gasteiger partial charge in [0.05, 0.1) is 16.7 Å². The minimum Gasteiger partial charge on any atom is -0.508 e. The summed E-state index contributed by atoms with van der Waals surface area (Å²) < 4.78 is 4.37. The number of carbonyl (C=O) groups is 2. The molecule has 5 aromatic rings. The van der Waals surface area contributed by atoms with E-state index in [1.807, 2.05) is 25.4 Å². The number of aromatic hydroxyl groups is 1. The molecule has 2 aromatic carbocycles. The molecule has 3 aromatic heterocycles. The highest BCUT2D eigenvalue weighted by molar-refractivity contribution is 5.99. The van der Waals surface area contributed by atoms with Crippen LogP contribution in [0.5, 0.6) is 5.75 Å². The van der Waals surface area contributed by atoms with E-state index < -0.39 is 17.9 Å². The number of nitrogens with one attached hydrogen (secondary N) is 2. The molecule has 1 saturated carbocycles. The number of carboxylic acid groups (broad SMARTS) is 1. The number of amides is 1. The Morgan fingerprint density at radius 3 is 2.69 bits per heavy atom. The number of aryl methyl sites for hydroxylation is 1. The number of phenols is 1. The van der Waals surface area contributed by atoms with Crippen molar-refractivity contribution in [3.63, 3.8) is 0 Å². The van der Waals surface area contributed by atoms with Crippen molar-refractivity contribution < 1.29 is 19.8 Å². The van der Waals surface area contributed by atoms with Gasteiger partial charge in [-0.2, -0.15) is 0 Å². The van der Waals surface area contributed by atoms with Gasteiger partial charge in [-0.1, -0.05) is 19.3 Å². The van der Waals surface area contributed by atoms with Gasteiger partial charge in [-0.25, -0.2) is 9.78 Å². The molecular weight excluding hydrogens is 494 g/mol. The van der Waals surface area contributed by atoms with E-state index in [0.717, 1.165) is 40.8 Å². The standard InChI is InChI=1S/C30H31N5O4/c1-34-13-5-8-27(34)28-32-24-14-18(9-12-26(24)35(28)20-6-3-2-4-7-20)29(37)33-25(30(38)39)15-19-17-31-23-11-10-21(36)16-22(19)23/h5,8-14,16-17,20,25,31,36H,2-4,6-7,15H2,1H3,(H,33,37)(H,38,39)/t25-/m0/s1. The summed E-state index contributed by atoms with van der Waals surface area (Å²) in [7, 11) is 2.00. The summed E-state index contributed by atoms with van der Waals surface area (Å²) in [5.41, 5.74) is 4.54. The zero-order chi connectivity index (χ0) is 27.1. The van der Waals surface area contributed by atoms with Crippen molar-refractivity contribution in [2.45, 2.75) is 50.6 Å². The van der Waals surface area contributed by atoms with Gasteiger partial charge < -0.3 is 29.6 Å². The zero-order valence-corrected chi connectivity index (χ0v) is 21.7. The Kier molecular flexibility index (Phi) is 6.34. The van der Waals surface area contributed by atoms with Gasteiger partial charge >= 0.3 is 5.97 Å². The Labute approximate surface area is 225 Å². The van der Waals surface area contributed by atoms with E-state index in [4.69, 9.17) is 4.98 Å². The van der Waals surface area contributed by atoms with Gasteiger partial charge in [-0.15, -0.1) is 0 Å². The van der Waals surface area contributed by atoms with Crippen LogP contribution in [0.1, 0.15) is 54.1 Å². The van der Waals surface area contributed by atoms with Crippen molar-refractivity contribution in [3.05, 3.63) is 72.1 Å². The second-order valence-corrected chi connectivity index (χ2v) is 10.4. The second-order valence-electron chi connectivity index (χ2n) is 10.4. The van der Waals surface area contributed by atoms with E-state index in [9.17, 15) is 19.8 Å². The summed E-state index contributed by atoms with van der Waals surface area (Å²) in [6.45, 7) is 0. The molecule has 0 unspecified atom stereocenters. The lowest BCUT2D eigenvalue weighted by Crippen LogP contribution is -2.42. The van der Waals surface area contributed by atoms with Crippen molar-refractivity contribution in [1.29, 1.82) is 0 Å². The fraction of sp³-hybridized carbons (Fsp3) is 0.300. The number of nitrogens with zero attached hydrogens (tertiary/aromatic N) is 3. The first kappa shape index (κ1) is 24.8. The molecular formula is C30H31N5O4.